The van der Waals surface area contributed by atoms with Crippen LogP contribution in [0.2, 0.25) is 0 Å². The van der Waals surface area contributed by atoms with Crippen molar-refractivity contribution >= 4 is 17.5 Å². The third-order valence-corrected chi connectivity index (χ3v) is 3.62. The van der Waals surface area contributed by atoms with Crippen LogP contribution >= 0.6 is 0 Å². The van der Waals surface area contributed by atoms with Crippen molar-refractivity contribution in [3.8, 4) is 0 Å². The molecular formula is C17H16N2O2. The summed E-state index contributed by atoms with van der Waals surface area (Å²) >= 11 is 0. The Morgan fingerprint density at radius 3 is 2.52 bits per heavy atom. The maximum atomic E-state index is 12.2. The summed E-state index contributed by atoms with van der Waals surface area (Å²) in [6.45, 7) is 0.928. The fourth-order valence-corrected chi connectivity index (χ4v) is 2.53. The highest BCUT2D eigenvalue weighted by Crippen LogP contribution is 2.27. The van der Waals surface area contributed by atoms with Gasteiger partial charge >= 0.3 is 11.8 Å². The first-order valence-corrected chi connectivity index (χ1v) is 6.97. The van der Waals surface area contributed by atoms with Crippen LogP contribution in [0.4, 0.5) is 5.69 Å². The SMILES string of the molecule is O=C(NCc1ccccc1)C(=O)N1CCc2ccccc21. The number of fused-ring (bicyclic) bond motifs is 1. The van der Waals surface area contributed by atoms with Gasteiger partial charge in [-0.2, -0.15) is 0 Å². The van der Waals surface area contributed by atoms with Crippen molar-refractivity contribution in [1.82, 2.24) is 5.32 Å². The lowest BCUT2D eigenvalue weighted by atomic mass is 10.2. The van der Waals surface area contributed by atoms with Gasteiger partial charge in [0.2, 0.25) is 0 Å². The molecule has 0 unspecified atom stereocenters. The Morgan fingerprint density at radius 1 is 1.00 bits per heavy atom. The standard InChI is InChI=1S/C17H16N2O2/c20-16(18-12-13-6-2-1-3-7-13)17(21)19-11-10-14-8-4-5-9-15(14)19/h1-9H,10-12H2,(H,18,20). The molecule has 3 rings (SSSR count). The van der Waals surface area contributed by atoms with E-state index < -0.39 is 11.8 Å². The van der Waals surface area contributed by atoms with Gasteiger partial charge in [-0.1, -0.05) is 48.5 Å². The smallest absolute Gasteiger partial charge is 0.316 e. The molecule has 21 heavy (non-hydrogen) atoms. The lowest BCUT2D eigenvalue weighted by Crippen LogP contribution is -2.42. The number of hydrogen-bond acceptors (Lipinski definition) is 2. The molecule has 4 heteroatoms. The van der Waals surface area contributed by atoms with Crippen LogP contribution in [0, 0.1) is 0 Å². The number of benzene rings is 2. The molecule has 0 bridgehead atoms. The monoisotopic (exact) mass is 280 g/mol. The maximum absolute atomic E-state index is 12.2. The Balaban J connectivity index is 1.65. The number of nitrogens with zero attached hydrogens (tertiary/aromatic N) is 1. The Kier molecular flexibility index (Phi) is 3.69. The third kappa shape index (κ3) is 2.79. The molecule has 2 amide bonds. The molecular weight excluding hydrogens is 264 g/mol. The van der Waals surface area contributed by atoms with Gasteiger partial charge < -0.3 is 10.2 Å². The van der Waals surface area contributed by atoms with Crippen LogP contribution in [0.3, 0.4) is 0 Å². The Bertz CT molecular complexity index is 668. The van der Waals surface area contributed by atoms with Crippen molar-refractivity contribution in [3.05, 3.63) is 65.7 Å². The molecule has 0 atom stereocenters. The van der Waals surface area contributed by atoms with Crippen LogP contribution in [0.5, 0.6) is 0 Å². The van der Waals surface area contributed by atoms with E-state index in [0.717, 1.165) is 23.2 Å². The zero-order valence-corrected chi connectivity index (χ0v) is 11.6. The zero-order valence-electron chi connectivity index (χ0n) is 11.6. The zero-order chi connectivity index (χ0) is 14.7. The summed E-state index contributed by atoms with van der Waals surface area (Å²) in [5, 5.41) is 2.68. The normalized spacial score (nSPS) is 12.9. The second-order valence-corrected chi connectivity index (χ2v) is 5.00. The van der Waals surface area contributed by atoms with Crippen LogP contribution in [0.1, 0.15) is 11.1 Å². The molecule has 1 aliphatic heterocycles. The topological polar surface area (TPSA) is 49.4 Å². The third-order valence-electron chi connectivity index (χ3n) is 3.62. The summed E-state index contributed by atoms with van der Waals surface area (Å²) in [4.78, 5) is 25.8. The van der Waals surface area contributed by atoms with E-state index in [9.17, 15) is 9.59 Å². The average molecular weight is 280 g/mol. The minimum absolute atomic E-state index is 0.362. The second-order valence-electron chi connectivity index (χ2n) is 5.00. The first-order valence-electron chi connectivity index (χ1n) is 6.97. The quantitative estimate of drug-likeness (QED) is 0.854. The first kappa shape index (κ1) is 13.4. The van der Waals surface area contributed by atoms with Crippen molar-refractivity contribution < 1.29 is 9.59 Å². The van der Waals surface area contributed by atoms with Gasteiger partial charge in [0.15, 0.2) is 0 Å². The summed E-state index contributed by atoms with van der Waals surface area (Å²) < 4.78 is 0. The van der Waals surface area contributed by atoms with Gasteiger partial charge in [-0.15, -0.1) is 0 Å². The molecule has 0 saturated heterocycles. The van der Waals surface area contributed by atoms with E-state index in [1.807, 2.05) is 54.6 Å². The van der Waals surface area contributed by atoms with Gasteiger partial charge in [0, 0.05) is 18.8 Å². The molecule has 106 valence electrons. The highest BCUT2D eigenvalue weighted by atomic mass is 16.2. The summed E-state index contributed by atoms with van der Waals surface area (Å²) in [7, 11) is 0. The van der Waals surface area contributed by atoms with Gasteiger partial charge in [-0.3, -0.25) is 9.59 Å². The molecule has 2 aromatic carbocycles. The van der Waals surface area contributed by atoms with Gasteiger partial charge in [0.05, 0.1) is 0 Å². The number of anilines is 1. The Morgan fingerprint density at radius 2 is 1.71 bits per heavy atom. The van der Waals surface area contributed by atoms with Crippen LogP contribution in [0.25, 0.3) is 0 Å². The van der Waals surface area contributed by atoms with Crippen molar-refractivity contribution in [1.29, 1.82) is 0 Å². The number of nitrogens with one attached hydrogen (secondary N) is 1. The largest absolute Gasteiger partial charge is 0.344 e. The number of para-hydroxylation sites is 1. The van der Waals surface area contributed by atoms with Crippen molar-refractivity contribution in [2.45, 2.75) is 13.0 Å². The lowest BCUT2D eigenvalue weighted by Gasteiger charge is -2.16. The van der Waals surface area contributed by atoms with Gasteiger partial charge in [0.25, 0.3) is 0 Å². The van der Waals surface area contributed by atoms with E-state index in [1.54, 1.807) is 4.90 Å². The predicted molar refractivity (Wildman–Crippen MR) is 80.8 cm³/mol. The summed E-state index contributed by atoms with van der Waals surface area (Å²) in [6, 6.07) is 17.2. The molecule has 2 aromatic rings. The van der Waals surface area contributed by atoms with Crippen LogP contribution in [0.15, 0.2) is 54.6 Å². The fourth-order valence-electron chi connectivity index (χ4n) is 2.53. The summed E-state index contributed by atoms with van der Waals surface area (Å²) in [5.41, 5.74) is 2.93. The Labute approximate surface area is 123 Å². The highest BCUT2D eigenvalue weighted by molar-refractivity contribution is 6.40. The first-order chi connectivity index (χ1) is 10.3. The minimum Gasteiger partial charge on any atom is -0.344 e. The molecule has 0 spiro atoms. The van der Waals surface area contributed by atoms with Gasteiger partial charge in [-0.05, 0) is 23.6 Å². The summed E-state index contributed by atoms with van der Waals surface area (Å²) in [5.74, 6) is -1.05. The van der Waals surface area contributed by atoms with Crippen molar-refractivity contribution in [2.24, 2.45) is 0 Å². The molecule has 0 radical (unpaired) electrons. The van der Waals surface area contributed by atoms with Crippen molar-refractivity contribution in [2.75, 3.05) is 11.4 Å². The maximum Gasteiger partial charge on any atom is 0.316 e. The Hall–Kier alpha value is -2.62. The van der Waals surface area contributed by atoms with Crippen molar-refractivity contribution in [3.63, 3.8) is 0 Å². The van der Waals surface area contributed by atoms with Gasteiger partial charge in [0.1, 0.15) is 0 Å². The molecule has 0 aromatic heterocycles. The predicted octanol–water partition coefficient (Wildman–Crippen LogP) is 1.89. The molecule has 0 saturated carbocycles. The van der Waals surface area contributed by atoms with E-state index in [4.69, 9.17) is 0 Å². The fraction of sp³-hybridized carbons (Fsp3) is 0.176. The second kappa shape index (κ2) is 5.79. The number of hydrogen-bond donors (Lipinski definition) is 1. The molecule has 0 fully saturated rings. The number of amides is 2. The van der Waals surface area contributed by atoms with E-state index in [2.05, 4.69) is 5.32 Å². The average Bonchev–Trinajstić information content (AvgIpc) is 2.97. The molecule has 1 heterocycles. The van der Waals surface area contributed by atoms with E-state index in [0.29, 0.717) is 13.1 Å². The minimum atomic E-state index is -0.560. The summed E-state index contributed by atoms with van der Waals surface area (Å²) in [6.07, 6.45) is 0.799. The molecule has 0 aliphatic carbocycles. The van der Waals surface area contributed by atoms with Crippen LogP contribution in [-0.2, 0) is 22.6 Å². The lowest BCUT2D eigenvalue weighted by molar-refractivity contribution is -0.137. The van der Waals surface area contributed by atoms with Crippen LogP contribution < -0.4 is 10.2 Å². The number of carbonyl (C=O) groups is 2. The van der Waals surface area contributed by atoms with E-state index >= 15 is 0 Å². The highest BCUT2D eigenvalue weighted by Gasteiger charge is 2.28. The van der Waals surface area contributed by atoms with Crippen LogP contribution in [-0.4, -0.2) is 18.4 Å². The van der Waals surface area contributed by atoms with E-state index in [-0.39, 0.29) is 0 Å². The van der Waals surface area contributed by atoms with Gasteiger partial charge in [-0.25, -0.2) is 0 Å². The van der Waals surface area contributed by atoms with E-state index in [1.165, 1.54) is 0 Å². The molecule has 1 aliphatic rings. The molecule has 1 N–H and O–H groups in total. The number of carbonyl (C=O) groups excluding carboxylic acids is 2. The number of rotatable bonds is 2. The molecule has 4 nitrogen and oxygen atoms in total.